The molecule has 0 amide bonds. The topological polar surface area (TPSA) is 36.9 Å². The van der Waals surface area contributed by atoms with Gasteiger partial charge in [-0.1, -0.05) is 60.7 Å². The maximum atomic E-state index is 7.18. The van der Waals surface area contributed by atoms with E-state index < -0.39 is 5.60 Å². The molecule has 0 atom stereocenters. The number of benzene rings is 5. The van der Waals surface area contributed by atoms with Crippen LogP contribution in [-0.4, -0.2) is 14.2 Å². The summed E-state index contributed by atoms with van der Waals surface area (Å²) in [6.07, 6.45) is 4.38. The molecule has 0 saturated carbocycles. The van der Waals surface area contributed by atoms with E-state index >= 15 is 0 Å². The molecule has 0 saturated heterocycles. The summed E-state index contributed by atoms with van der Waals surface area (Å²) in [5, 5.41) is 2.11. The van der Waals surface area contributed by atoms with Crippen LogP contribution < -0.4 is 18.9 Å². The molecule has 2 aliphatic heterocycles. The fourth-order valence-corrected chi connectivity index (χ4v) is 5.78. The molecular formula is C34H26O4. The lowest BCUT2D eigenvalue weighted by atomic mass is 9.81. The predicted octanol–water partition coefficient (Wildman–Crippen LogP) is 8.29. The van der Waals surface area contributed by atoms with E-state index in [2.05, 4.69) is 61.5 Å². The van der Waals surface area contributed by atoms with Crippen molar-refractivity contribution in [3.8, 4) is 39.9 Å². The molecule has 0 aromatic heterocycles. The summed E-state index contributed by atoms with van der Waals surface area (Å²) >= 11 is 0. The lowest BCUT2D eigenvalue weighted by molar-refractivity contribution is 0.163. The average molecular weight is 499 g/mol. The first kappa shape index (κ1) is 22.5. The minimum Gasteiger partial charge on any atom is -0.497 e. The third kappa shape index (κ3) is 3.16. The van der Waals surface area contributed by atoms with Crippen molar-refractivity contribution in [2.45, 2.75) is 12.5 Å². The fraction of sp³-hybridized carbons (Fsp3) is 0.118. The van der Waals surface area contributed by atoms with Crippen LogP contribution in [-0.2, 0) is 5.60 Å². The van der Waals surface area contributed by atoms with E-state index in [0.29, 0.717) is 0 Å². The molecule has 0 N–H and O–H groups in total. The Balaban J connectivity index is 1.50. The van der Waals surface area contributed by atoms with Crippen molar-refractivity contribution in [2.75, 3.05) is 14.2 Å². The first-order valence-electron chi connectivity index (χ1n) is 12.7. The van der Waals surface area contributed by atoms with Crippen molar-refractivity contribution in [1.29, 1.82) is 0 Å². The molecule has 2 aliphatic rings. The Hall–Kier alpha value is -4.70. The quantitative estimate of drug-likeness (QED) is 0.245. The van der Waals surface area contributed by atoms with Gasteiger partial charge in [-0.25, -0.2) is 0 Å². The molecule has 7 rings (SSSR count). The van der Waals surface area contributed by atoms with Crippen LogP contribution in [0, 0.1) is 6.92 Å². The van der Waals surface area contributed by atoms with Gasteiger partial charge >= 0.3 is 0 Å². The third-order valence-corrected chi connectivity index (χ3v) is 7.71. The van der Waals surface area contributed by atoms with Gasteiger partial charge < -0.3 is 18.9 Å². The van der Waals surface area contributed by atoms with Gasteiger partial charge in [-0.2, -0.15) is 0 Å². The molecule has 5 aromatic carbocycles. The molecule has 5 aromatic rings. The number of methoxy groups -OCH3 is 2. The van der Waals surface area contributed by atoms with Crippen LogP contribution in [0.1, 0.15) is 22.3 Å². The first-order valence-corrected chi connectivity index (χ1v) is 12.7. The SMILES string of the molecule is COc1ccc(C2(c3ccc(OC)cc3)C=Cc3c(C)c4c5c(cccc5c3O2)Oc2ccccc2-4)cc1. The van der Waals surface area contributed by atoms with E-state index in [4.69, 9.17) is 18.9 Å². The van der Waals surface area contributed by atoms with Crippen molar-refractivity contribution < 1.29 is 18.9 Å². The summed E-state index contributed by atoms with van der Waals surface area (Å²) < 4.78 is 24.4. The maximum absolute atomic E-state index is 7.18. The van der Waals surface area contributed by atoms with Gasteiger partial charge in [0.15, 0.2) is 5.60 Å². The lowest BCUT2D eigenvalue weighted by Gasteiger charge is -2.38. The van der Waals surface area contributed by atoms with Crippen LogP contribution >= 0.6 is 0 Å². The molecule has 0 bridgehead atoms. The Kier molecular flexibility index (Phi) is 4.98. The normalized spacial score (nSPS) is 14.2. The molecule has 0 aliphatic carbocycles. The highest BCUT2D eigenvalue weighted by atomic mass is 16.5. The molecule has 186 valence electrons. The third-order valence-electron chi connectivity index (χ3n) is 7.71. The summed E-state index contributed by atoms with van der Waals surface area (Å²) in [6.45, 7) is 2.17. The maximum Gasteiger partial charge on any atom is 0.178 e. The van der Waals surface area contributed by atoms with Crippen LogP contribution in [0.2, 0.25) is 0 Å². The second-order valence-electron chi connectivity index (χ2n) is 9.65. The molecule has 0 fully saturated rings. The number of hydrogen-bond donors (Lipinski definition) is 0. The lowest BCUT2D eigenvalue weighted by Crippen LogP contribution is -2.34. The fourth-order valence-electron chi connectivity index (χ4n) is 5.78. The van der Waals surface area contributed by atoms with Gasteiger partial charge in [-0.15, -0.1) is 0 Å². The summed E-state index contributed by atoms with van der Waals surface area (Å²) in [5.74, 6) is 4.17. The summed E-state index contributed by atoms with van der Waals surface area (Å²) in [4.78, 5) is 0. The molecule has 38 heavy (non-hydrogen) atoms. The Labute approximate surface area is 221 Å². The van der Waals surface area contributed by atoms with Gasteiger partial charge in [-0.05, 0) is 55.0 Å². The van der Waals surface area contributed by atoms with Crippen molar-refractivity contribution in [1.82, 2.24) is 0 Å². The van der Waals surface area contributed by atoms with Gasteiger partial charge in [0.2, 0.25) is 0 Å². The minimum atomic E-state index is -0.842. The number of para-hydroxylation sites is 1. The molecule has 4 heteroatoms. The van der Waals surface area contributed by atoms with Crippen LogP contribution in [0.15, 0.2) is 97.1 Å². The summed E-state index contributed by atoms with van der Waals surface area (Å²) in [5.41, 5.74) is 5.72. The van der Waals surface area contributed by atoms with E-state index in [0.717, 1.165) is 61.8 Å². The molecule has 4 nitrogen and oxygen atoms in total. The monoisotopic (exact) mass is 498 g/mol. The van der Waals surface area contributed by atoms with Crippen molar-refractivity contribution in [3.63, 3.8) is 0 Å². The van der Waals surface area contributed by atoms with Crippen LogP contribution in [0.25, 0.3) is 28.0 Å². The smallest absolute Gasteiger partial charge is 0.178 e. The highest BCUT2D eigenvalue weighted by Gasteiger charge is 2.39. The van der Waals surface area contributed by atoms with E-state index in [-0.39, 0.29) is 0 Å². The standard InChI is InChI=1S/C34H26O4/c1-21-26-19-20-34(22-11-15-24(35-2)16-12-22,23-13-17-25(36-3)18-14-23)38-33(26)28-8-6-10-30-32(28)31(21)27-7-4-5-9-29(27)37-30/h4-20H,1-3H3. The minimum absolute atomic E-state index is 0.798. The van der Waals surface area contributed by atoms with Crippen molar-refractivity contribution >= 4 is 16.8 Å². The van der Waals surface area contributed by atoms with E-state index in [1.54, 1.807) is 14.2 Å². The molecule has 0 radical (unpaired) electrons. The predicted molar refractivity (Wildman–Crippen MR) is 151 cm³/mol. The molecule has 0 unspecified atom stereocenters. The number of rotatable bonds is 4. The zero-order valence-electron chi connectivity index (χ0n) is 21.4. The Morgan fingerprint density at radius 3 is 1.97 bits per heavy atom. The Bertz CT molecular complexity index is 1680. The number of ether oxygens (including phenoxy) is 4. The zero-order chi connectivity index (χ0) is 25.9. The number of hydrogen-bond acceptors (Lipinski definition) is 4. The van der Waals surface area contributed by atoms with E-state index in [1.807, 2.05) is 48.5 Å². The molecule has 0 spiro atoms. The molecular weight excluding hydrogens is 472 g/mol. The van der Waals surface area contributed by atoms with E-state index in [1.165, 1.54) is 11.1 Å². The Morgan fingerprint density at radius 2 is 1.32 bits per heavy atom. The zero-order valence-corrected chi connectivity index (χ0v) is 21.4. The second-order valence-corrected chi connectivity index (χ2v) is 9.65. The summed E-state index contributed by atoms with van der Waals surface area (Å²) in [6, 6.07) is 30.6. The van der Waals surface area contributed by atoms with Crippen molar-refractivity contribution in [2.24, 2.45) is 0 Å². The van der Waals surface area contributed by atoms with Crippen LogP contribution in [0.4, 0.5) is 0 Å². The van der Waals surface area contributed by atoms with E-state index in [9.17, 15) is 0 Å². The largest absolute Gasteiger partial charge is 0.497 e. The van der Waals surface area contributed by atoms with Gasteiger partial charge in [0, 0.05) is 38.6 Å². The average Bonchev–Trinajstić information content (AvgIpc) is 2.98. The second kappa shape index (κ2) is 8.42. The first-order chi connectivity index (χ1) is 18.6. The highest BCUT2D eigenvalue weighted by Crippen LogP contribution is 2.54. The van der Waals surface area contributed by atoms with Crippen LogP contribution in [0.5, 0.6) is 28.7 Å². The van der Waals surface area contributed by atoms with Gasteiger partial charge in [-0.3, -0.25) is 0 Å². The van der Waals surface area contributed by atoms with Gasteiger partial charge in [0.05, 0.1) is 14.2 Å². The highest BCUT2D eigenvalue weighted by molar-refractivity contribution is 6.10. The number of fused-ring (bicyclic) bond motifs is 4. The van der Waals surface area contributed by atoms with Crippen molar-refractivity contribution in [3.05, 3.63) is 119 Å². The Morgan fingerprint density at radius 1 is 0.684 bits per heavy atom. The van der Waals surface area contributed by atoms with Gasteiger partial charge in [0.1, 0.15) is 28.7 Å². The van der Waals surface area contributed by atoms with Crippen LogP contribution in [0.3, 0.4) is 0 Å². The van der Waals surface area contributed by atoms with Gasteiger partial charge in [0.25, 0.3) is 0 Å². The molecule has 2 heterocycles. The summed E-state index contributed by atoms with van der Waals surface area (Å²) in [7, 11) is 3.35.